The number of hydrogen-bond acceptors (Lipinski definition) is 4. The van der Waals surface area contributed by atoms with Crippen LogP contribution in [0.25, 0.3) is 0 Å². The zero-order valence-corrected chi connectivity index (χ0v) is 14.7. The Morgan fingerprint density at radius 3 is 2.50 bits per heavy atom. The molecule has 0 saturated heterocycles. The second kappa shape index (κ2) is 7.03. The van der Waals surface area contributed by atoms with E-state index >= 15 is 0 Å². The molecule has 24 heavy (non-hydrogen) atoms. The first-order valence-electron chi connectivity index (χ1n) is 8.28. The Morgan fingerprint density at radius 1 is 1.12 bits per heavy atom. The van der Waals surface area contributed by atoms with Crippen LogP contribution in [0, 0.1) is 5.41 Å². The molecule has 0 aliphatic heterocycles. The molecule has 2 aromatic rings. The molecule has 128 valence electrons. The van der Waals surface area contributed by atoms with Crippen molar-refractivity contribution < 1.29 is 12.6 Å². The van der Waals surface area contributed by atoms with E-state index in [0.29, 0.717) is 0 Å². The van der Waals surface area contributed by atoms with Crippen LogP contribution in [0.3, 0.4) is 0 Å². The van der Waals surface area contributed by atoms with Crippen LogP contribution in [0.2, 0.25) is 0 Å². The summed E-state index contributed by atoms with van der Waals surface area (Å²) in [7, 11) is -3.48. The molecule has 2 unspecified atom stereocenters. The van der Waals surface area contributed by atoms with Gasteiger partial charge in [0.2, 0.25) is 0 Å². The Kier molecular flexibility index (Phi) is 5.01. The van der Waals surface area contributed by atoms with Gasteiger partial charge in [-0.25, -0.2) is 0 Å². The lowest BCUT2D eigenvalue weighted by atomic mass is 9.74. The van der Waals surface area contributed by atoms with Gasteiger partial charge in [-0.05, 0) is 42.9 Å². The molecular weight excluding hydrogens is 322 g/mol. The van der Waals surface area contributed by atoms with E-state index in [0.717, 1.165) is 43.9 Å². The summed E-state index contributed by atoms with van der Waals surface area (Å²) in [5.74, 6) is 0. The number of benzene rings is 1. The van der Waals surface area contributed by atoms with Crippen LogP contribution < -0.4 is 0 Å². The normalized spacial score (nSPS) is 24.1. The van der Waals surface area contributed by atoms with E-state index in [9.17, 15) is 8.42 Å². The topological polar surface area (TPSA) is 56.3 Å². The molecule has 1 saturated carbocycles. The van der Waals surface area contributed by atoms with Gasteiger partial charge in [-0.2, -0.15) is 8.42 Å². The lowest BCUT2D eigenvalue weighted by Gasteiger charge is -2.35. The predicted molar refractivity (Wildman–Crippen MR) is 94.1 cm³/mol. The lowest BCUT2D eigenvalue weighted by Crippen LogP contribution is -2.38. The minimum atomic E-state index is -3.48. The van der Waals surface area contributed by atoms with Crippen LogP contribution in [0.15, 0.2) is 54.9 Å². The van der Waals surface area contributed by atoms with Crippen molar-refractivity contribution in [2.24, 2.45) is 5.41 Å². The summed E-state index contributed by atoms with van der Waals surface area (Å²) in [6.45, 7) is 0. The molecule has 0 amide bonds. The first-order chi connectivity index (χ1) is 11.5. The molecule has 0 bridgehead atoms. The first-order valence-corrected chi connectivity index (χ1v) is 10.1. The number of hydrogen-bond donors (Lipinski definition) is 0. The Labute approximate surface area is 144 Å². The molecule has 4 nitrogen and oxygen atoms in total. The van der Waals surface area contributed by atoms with E-state index in [2.05, 4.69) is 23.2 Å². The summed E-state index contributed by atoms with van der Waals surface area (Å²) in [6.07, 6.45) is 8.77. The molecule has 1 aromatic carbocycles. The Morgan fingerprint density at radius 2 is 1.83 bits per heavy atom. The van der Waals surface area contributed by atoms with Gasteiger partial charge in [-0.3, -0.25) is 9.17 Å². The van der Waals surface area contributed by atoms with E-state index < -0.39 is 10.1 Å². The maximum Gasteiger partial charge on any atom is 0.264 e. The molecular formula is C19H23NO3S. The van der Waals surface area contributed by atoms with E-state index in [1.807, 2.05) is 30.5 Å². The Bertz CT molecular complexity index is 718. The van der Waals surface area contributed by atoms with Gasteiger partial charge in [0.1, 0.15) is 0 Å². The minimum absolute atomic E-state index is 0.215. The molecule has 0 N–H and O–H groups in total. The minimum Gasteiger partial charge on any atom is -0.266 e. The van der Waals surface area contributed by atoms with Gasteiger partial charge < -0.3 is 0 Å². The fourth-order valence-corrected chi connectivity index (χ4v) is 4.57. The summed E-state index contributed by atoms with van der Waals surface area (Å²) in [5.41, 5.74) is 2.12. The van der Waals surface area contributed by atoms with Crippen LogP contribution in [0.1, 0.15) is 30.4 Å². The van der Waals surface area contributed by atoms with Crippen molar-refractivity contribution in [3.8, 4) is 0 Å². The molecule has 1 aliphatic carbocycles. The van der Waals surface area contributed by atoms with Crippen molar-refractivity contribution in [2.75, 3.05) is 6.26 Å². The third kappa shape index (κ3) is 4.22. The fourth-order valence-electron chi connectivity index (χ4n) is 3.85. The number of rotatable bonds is 6. The maximum absolute atomic E-state index is 11.7. The van der Waals surface area contributed by atoms with E-state index in [4.69, 9.17) is 4.18 Å². The number of aromatic nitrogens is 1. The maximum atomic E-state index is 11.7. The van der Waals surface area contributed by atoms with Gasteiger partial charge >= 0.3 is 0 Å². The molecule has 5 heteroatoms. The van der Waals surface area contributed by atoms with E-state index in [1.165, 1.54) is 5.56 Å². The highest BCUT2D eigenvalue weighted by atomic mass is 32.2. The van der Waals surface area contributed by atoms with Crippen molar-refractivity contribution in [1.82, 2.24) is 4.98 Å². The molecule has 3 rings (SSSR count). The van der Waals surface area contributed by atoms with E-state index in [1.54, 1.807) is 6.20 Å². The summed E-state index contributed by atoms with van der Waals surface area (Å²) in [6, 6.07) is 14.2. The number of nitrogens with zero attached hydrogens (tertiary/aromatic N) is 1. The highest BCUT2D eigenvalue weighted by Crippen LogP contribution is 2.46. The molecule has 1 aliphatic rings. The van der Waals surface area contributed by atoms with Crippen LogP contribution in [-0.2, 0) is 27.1 Å². The van der Waals surface area contributed by atoms with Gasteiger partial charge in [0.25, 0.3) is 10.1 Å². The fraction of sp³-hybridized carbons (Fsp3) is 0.421. The highest BCUT2D eigenvalue weighted by molar-refractivity contribution is 7.86. The van der Waals surface area contributed by atoms with Crippen LogP contribution in [0.4, 0.5) is 0 Å². The molecule has 1 fully saturated rings. The molecule has 2 atom stereocenters. The van der Waals surface area contributed by atoms with Crippen LogP contribution >= 0.6 is 0 Å². The summed E-state index contributed by atoms with van der Waals surface area (Å²) >= 11 is 0. The number of pyridine rings is 1. The average molecular weight is 345 g/mol. The third-order valence-corrected chi connectivity index (χ3v) is 5.37. The van der Waals surface area contributed by atoms with Crippen LogP contribution in [0.5, 0.6) is 0 Å². The second-order valence-electron chi connectivity index (χ2n) is 6.74. The quantitative estimate of drug-likeness (QED) is 0.753. The zero-order valence-electron chi connectivity index (χ0n) is 13.9. The van der Waals surface area contributed by atoms with Crippen molar-refractivity contribution in [2.45, 2.75) is 38.2 Å². The average Bonchev–Trinajstić information content (AvgIpc) is 2.89. The summed E-state index contributed by atoms with van der Waals surface area (Å²) < 4.78 is 29.0. The first kappa shape index (κ1) is 17.1. The van der Waals surface area contributed by atoms with Crippen molar-refractivity contribution in [3.05, 3.63) is 66.0 Å². The Balaban J connectivity index is 1.93. The standard InChI is InChI=1S/C19H23NO3S/c1-24(21,22)23-18-10-5-11-19(18,13-16-7-3-2-4-8-16)14-17-9-6-12-20-15-17/h2-4,6-9,12,15,18H,5,10-11,13-14H2,1H3. The largest absolute Gasteiger partial charge is 0.266 e. The van der Waals surface area contributed by atoms with Crippen molar-refractivity contribution >= 4 is 10.1 Å². The van der Waals surface area contributed by atoms with Gasteiger partial charge in [-0.1, -0.05) is 42.8 Å². The second-order valence-corrected chi connectivity index (χ2v) is 8.34. The van der Waals surface area contributed by atoms with E-state index in [-0.39, 0.29) is 11.5 Å². The molecule has 1 heterocycles. The smallest absolute Gasteiger partial charge is 0.264 e. The molecule has 1 aromatic heterocycles. The summed E-state index contributed by atoms with van der Waals surface area (Å²) in [4.78, 5) is 4.21. The Hall–Kier alpha value is -1.72. The SMILES string of the molecule is CS(=O)(=O)OC1CCCC1(Cc1ccccc1)Cc1cccnc1. The monoisotopic (exact) mass is 345 g/mol. The van der Waals surface area contributed by atoms with Gasteiger partial charge in [0.05, 0.1) is 12.4 Å². The lowest BCUT2D eigenvalue weighted by molar-refractivity contribution is 0.0805. The summed E-state index contributed by atoms with van der Waals surface area (Å²) in [5, 5.41) is 0. The highest BCUT2D eigenvalue weighted by Gasteiger charge is 2.45. The van der Waals surface area contributed by atoms with Crippen LogP contribution in [-0.4, -0.2) is 25.8 Å². The van der Waals surface area contributed by atoms with Gasteiger partial charge in [0.15, 0.2) is 0 Å². The molecule has 0 radical (unpaired) electrons. The van der Waals surface area contributed by atoms with Gasteiger partial charge in [0, 0.05) is 17.8 Å². The molecule has 0 spiro atoms. The van der Waals surface area contributed by atoms with Gasteiger partial charge in [-0.15, -0.1) is 0 Å². The third-order valence-electron chi connectivity index (χ3n) is 4.79. The van der Waals surface area contributed by atoms with Crippen molar-refractivity contribution in [3.63, 3.8) is 0 Å². The zero-order chi connectivity index (χ0) is 17.0. The van der Waals surface area contributed by atoms with Crippen molar-refractivity contribution in [1.29, 1.82) is 0 Å². The predicted octanol–water partition coefficient (Wildman–Crippen LogP) is 3.38.